The summed E-state index contributed by atoms with van der Waals surface area (Å²) in [5.41, 5.74) is 2.47. The second kappa shape index (κ2) is 9.11. The Morgan fingerprint density at radius 1 is 0.861 bits per heavy atom. The van der Waals surface area contributed by atoms with E-state index in [1.165, 1.54) is 30.3 Å². The van der Waals surface area contributed by atoms with Gasteiger partial charge in [-0.05, 0) is 78.2 Å². The number of aryl methyl sites for hydroxylation is 1. The van der Waals surface area contributed by atoms with Crippen LogP contribution in [0.3, 0.4) is 0 Å². The van der Waals surface area contributed by atoms with E-state index in [0.717, 1.165) is 5.56 Å². The van der Waals surface area contributed by atoms with Crippen LogP contribution < -0.4 is 10.7 Å². The topological polar surface area (TPSA) is 79.5 Å². The second-order valence-electron chi connectivity index (χ2n) is 8.33. The number of hydrogen-bond donors (Lipinski definition) is 2. The fraction of sp³-hybridized carbons (Fsp3) is 0.0345. The highest BCUT2D eigenvalue weighted by molar-refractivity contribution is 6.04. The molecular weight excluding hydrogens is 464 g/mol. The van der Waals surface area contributed by atoms with Gasteiger partial charge in [0.1, 0.15) is 17.2 Å². The first-order chi connectivity index (χ1) is 17.3. The molecule has 1 aromatic heterocycles. The minimum absolute atomic E-state index is 0.0579. The van der Waals surface area contributed by atoms with Gasteiger partial charge in [0, 0.05) is 16.8 Å². The highest BCUT2D eigenvalue weighted by Gasteiger charge is 2.17. The Hall–Kier alpha value is -4.78. The van der Waals surface area contributed by atoms with Gasteiger partial charge >= 0.3 is 0 Å². The Balaban J connectivity index is 1.52. The molecule has 1 amide bonds. The summed E-state index contributed by atoms with van der Waals surface area (Å²) in [6.07, 6.45) is 0. The molecule has 0 bridgehead atoms. The molecule has 5 nitrogen and oxygen atoms in total. The van der Waals surface area contributed by atoms with Gasteiger partial charge in [0.25, 0.3) is 5.91 Å². The van der Waals surface area contributed by atoms with Crippen LogP contribution in [0, 0.1) is 18.6 Å². The Kier molecular flexibility index (Phi) is 5.82. The monoisotopic (exact) mass is 483 g/mol. The highest BCUT2D eigenvalue weighted by Crippen LogP contribution is 2.33. The van der Waals surface area contributed by atoms with Gasteiger partial charge < -0.3 is 14.8 Å². The van der Waals surface area contributed by atoms with Crippen LogP contribution in [-0.4, -0.2) is 11.0 Å². The minimum atomic E-state index is -0.604. The molecule has 4 aromatic carbocycles. The molecule has 0 unspecified atom stereocenters. The van der Waals surface area contributed by atoms with E-state index in [2.05, 4.69) is 5.32 Å². The van der Waals surface area contributed by atoms with Crippen LogP contribution in [0.15, 0.2) is 94.1 Å². The molecule has 0 aliphatic heterocycles. The molecule has 1 heterocycles. The van der Waals surface area contributed by atoms with E-state index in [9.17, 15) is 23.5 Å². The molecule has 0 saturated heterocycles. The third-order valence-corrected chi connectivity index (χ3v) is 5.85. The third-order valence-electron chi connectivity index (χ3n) is 5.85. The van der Waals surface area contributed by atoms with Crippen molar-refractivity contribution in [1.82, 2.24) is 0 Å². The zero-order valence-corrected chi connectivity index (χ0v) is 19.0. The van der Waals surface area contributed by atoms with E-state index >= 15 is 0 Å². The lowest BCUT2D eigenvalue weighted by Crippen LogP contribution is -2.12. The molecule has 0 aliphatic carbocycles. The molecule has 0 aliphatic rings. The van der Waals surface area contributed by atoms with Gasteiger partial charge in [-0.3, -0.25) is 9.59 Å². The molecule has 178 valence electrons. The molecule has 0 saturated carbocycles. The lowest BCUT2D eigenvalue weighted by Gasteiger charge is -2.10. The van der Waals surface area contributed by atoms with Gasteiger partial charge in [0.2, 0.25) is 11.2 Å². The van der Waals surface area contributed by atoms with Crippen molar-refractivity contribution in [2.24, 2.45) is 0 Å². The second-order valence-corrected chi connectivity index (χ2v) is 8.33. The van der Waals surface area contributed by atoms with Crippen LogP contribution in [0.2, 0.25) is 0 Å². The number of hydrogen-bond acceptors (Lipinski definition) is 4. The van der Waals surface area contributed by atoms with Gasteiger partial charge in [-0.25, -0.2) is 8.78 Å². The van der Waals surface area contributed by atoms with Crippen molar-refractivity contribution < 1.29 is 23.1 Å². The van der Waals surface area contributed by atoms with Gasteiger partial charge in [-0.2, -0.15) is 0 Å². The Labute approximate surface area is 204 Å². The number of halogens is 2. The van der Waals surface area contributed by atoms with E-state index in [4.69, 9.17) is 4.42 Å². The average molecular weight is 483 g/mol. The number of carbonyl (C=O) groups is 1. The minimum Gasteiger partial charge on any atom is -0.502 e. The van der Waals surface area contributed by atoms with Crippen molar-refractivity contribution in [3.63, 3.8) is 0 Å². The fourth-order valence-corrected chi connectivity index (χ4v) is 3.93. The van der Waals surface area contributed by atoms with Gasteiger partial charge in [0.15, 0.2) is 5.76 Å². The van der Waals surface area contributed by atoms with E-state index in [-0.39, 0.29) is 28.1 Å². The highest BCUT2D eigenvalue weighted by atomic mass is 19.1. The summed E-state index contributed by atoms with van der Waals surface area (Å²) in [5, 5.41) is 13.5. The molecule has 2 N–H and O–H groups in total. The summed E-state index contributed by atoms with van der Waals surface area (Å²) in [7, 11) is 0. The molecule has 0 atom stereocenters. The lowest BCUT2D eigenvalue weighted by atomic mass is 10.0. The molecule has 36 heavy (non-hydrogen) atoms. The van der Waals surface area contributed by atoms with Crippen LogP contribution in [-0.2, 0) is 0 Å². The number of rotatable bonds is 4. The van der Waals surface area contributed by atoms with Crippen molar-refractivity contribution in [2.45, 2.75) is 6.92 Å². The number of amides is 1. The number of fused-ring (bicyclic) bond motifs is 1. The van der Waals surface area contributed by atoms with Crippen LogP contribution >= 0.6 is 0 Å². The van der Waals surface area contributed by atoms with Gasteiger partial charge in [-0.1, -0.05) is 30.3 Å². The van der Waals surface area contributed by atoms with Crippen molar-refractivity contribution in [3.05, 3.63) is 118 Å². The van der Waals surface area contributed by atoms with Crippen molar-refractivity contribution in [1.29, 1.82) is 0 Å². The molecule has 7 heteroatoms. The van der Waals surface area contributed by atoms with Crippen LogP contribution in [0.25, 0.3) is 33.4 Å². The first kappa shape index (κ1) is 23.0. The van der Waals surface area contributed by atoms with Crippen LogP contribution in [0.5, 0.6) is 5.75 Å². The lowest BCUT2D eigenvalue weighted by molar-refractivity contribution is 0.102. The van der Waals surface area contributed by atoms with Crippen molar-refractivity contribution in [2.75, 3.05) is 5.32 Å². The molecule has 0 radical (unpaired) electrons. The number of aromatic hydroxyl groups is 1. The van der Waals surface area contributed by atoms with Crippen molar-refractivity contribution in [3.8, 4) is 28.2 Å². The largest absolute Gasteiger partial charge is 0.502 e. The fourth-order valence-electron chi connectivity index (χ4n) is 3.93. The zero-order chi connectivity index (χ0) is 25.4. The number of benzene rings is 4. The van der Waals surface area contributed by atoms with Gasteiger partial charge in [-0.15, -0.1) is 0 Å². The number of nitrogens with one attached hydrogen (secondary N) is 1. The maximum atomic E-state index is 13.5. The summed E-state index contributed by atoms with van der Waals surface area (Å²) in [6, 6.07) is 21.3. The Morgan fingerprint density at radius 3 is 2.36 bits per heavy atom. The molecule has 0 spiro atoms. The number of carbonyl (C=O) groups excluding carboxylic acids is 1. The Bertz CT molecular complexity index is 1690. The number of anilines is 1. The van der Waals surface area contributed by atoms with E-state index in [0.29, 0.717) is 22.4 Å². The summed E-state index contributed by atoms with van der Waals surface area (Å²) >= 11 is 0. The van der Waals surface area contributed by atoms with Crippen LogP contribution in [0.4, 0.5) is 14.5 Å². The normalized spacial score (nSPS) is 11.0. The predicted octanol–water partition coefficient (Wildman–Crippen LogP) is 6.67. The van der Waals surface area contributed by atoms with Gasteiger partial charge in [0.05, 0.1) is 5.39 Å². The zero-order valence-electron chi connectivity index (χ0n) is 19.0. The summed E-state index contributed by atoms with van der Waals surface area (Å²) in [5.74, 6) is -1.83. The van der Waals surface area contributed by atoms with Crippen molar-refractivity contribution >= 4 is 22.6 Å². The summed E-state index contributed by atoms with van der Waals surface area (Å²) in [4.78, 5) is 25.5. The average Bonchev–Trinajstić information content (AvgIpc) is 2.88. The quantitative estimate of drug-likeness (QED) is 0.299. The summed E-state index contributed by atoms with van der Waals surface area (Å²) < 4.78 is 32.8. The first-order valence-electron chi connectivity index (χ1n) is 11.0. The van der Waals surface area contributed by atoms with E-state index < -0.39 is 22.9 Å². The van der Waals surface area contributed by atoms with E-state index in [1.54, 1.807) is 61.5 Å². The Morgan fingerprint density at radius 2 is 1.61 bits per heavy atom. The third kappa shape index (κ3) is 4.34. The maximum Gasteiger partial charge on any atom is 0.255 e. The molecule has 5 aromatic rings. The van der Waals surface area contributed by atoms with E-state index in [1.807, 2.05) is 0 Å². The summed E-state index contributed by atoms with van der Waals surface area (Å²) in [6.45, 7) is 1.57. The smallest absolute Gasteiger partial charge is 0.255 e. The molecular formula is C29H19F2NO4. The SMILES string of the molecule is Cc1cc(C(=O)Nc2cccc(-c3oc4cc(-c5ccc(F)cc5)ccc4c(=O)c3O)c2)ccc1F. The molecule has 0 fully saturated rings. The van der Waals surface area contributed by atoms with Crippen LogP contribution in [0.1, 0.15) is 15.9 Å². The first-order valence-corrected chi connectivity index (χ1v) is 11.0. The maximum absolute atomic E-state index is 13.5. The standard InChI is InChI=1S/C29H19F2NO4/c1-16-13-20(8-12-24(16)31)29(35)32-22-4-2-3-19(14-22)28-27(34)26(33)23-11-7-18(15-25(23)36-28)17-5-9-21(30)10-6-17/h2-15,34H,1H3,(H,32,35). The molecule has 5 rings (SSSR count). The predicted molar refractivity (Wildman–Crippen MR) is 134 cm³/mol.